The third-order valence-electron chi connectivity index (χ3n) is 2.45. The molecule has 1 unspecified atom stereocenters. The quantitative estimate of drug-likeness (QED) is 0.786. The molecule has 2 aromatic carbocycles. The van der Waals surface area contributed by atoms with E-state index in [4.69, 9.17) is 0 Å². The molecule has 2 rings (SSSR count). The second-order valence-electron chi connectivity index (χ2n) is 3.60. The van der Waals surface area contributed by atoms with Crippen molar-refractivity contribution in [3.63, 3.8) is 0 Å². The Morgan fingerprint density at radius 1 is 1.00 bits per heavy atom. The first kappa shape index (κ1) is 12.7. The van der Waals surface area contributed by atoms with Gasteiger partial charge in [-0.1, -0.05) is 46.3 Å². The maximum absolute atomic E-state index is 13.5. The Bertz CT molecular complexity index is 528. The average Bonchev–Trinajstić information content (AvgIpc) is 2.34. The van der Waals surface area contributed by atoms with Crippen LogP contribution in [0.15, 0.2) is 51.4 Å². The van der Waals surface area contributed by atoms with Gasteiger partial charge >= 0.3 is 0 Å². The van der Waals surface area contributed by atoms with Crippen LogP contribution in [0.5, 0.6) is 0 Å². The van der Waals surface area contributed by atoms with E-state index in [1.165, 1.54) is 6.07 Å². The van der Waals surface area contributed by atoms with Gasteiger partial charge in [0.25, 0.3) is 0 Å². The van der Waals surface area contributed by atoms with E-state index in [-0.39, 0.29) is 0 Å². The van der Waals surface area contributed by atoms with Gasteiger partial charge in [0.2, 0.25) is 0 Å². The summed E-state index contributed by atoms with van der Waals surface area (Å²) in [6.45, 7) is 0. The minimum Gasteiger partial charge on any atom is -0.384 e. The first-order valence-electron chi connectivity index (χ1n) is 4.97. The molecule has 0 amide bonds. The number of hydrogen-bond donors (Lipinski definition) is 1. The smallest absolute Gasteiger partial charge is 0.137 e. The van der Waals surface area contributed by atoms with Crippen molar-refractivity contribution in [2.45, 2.75) is 6.10 Å². The number of rotatable bonds is 2. The summed E-state index contributed by atoms with van der Waals surface area (Å²) in [5.41, 5.74) is 1.24. The molecule has 1 N–H and O–H groups in total. The second kappa shape index (κ2) is 5.29. The van der Waals surface area contributed by atoms with Gasteiger partial charge in [0, 0.05) is 10.0 Å². The third-order valence-corrected chi connectivity index (χ3v) is 3.74. The highest BCUT2D eigenvalue weighted by atomic mass is 79.9. The van der Waals surface area contributed by atoms with E-state index >= 15 is 0 Å². The fourth-order valence-corrected chi connectivity index (χ4v) is 2.77. The zero-order valence-corrected chi connectivity index (χ0v) is 11.9. The molecule has 0 saturated heterocycles. The van der Waals surface area contributed by atoms with Gasteiger partial charge in [-0.2, -0.15) is 0 Å². The molecule has 0 fully saturated rings. The minimum absolute atomic E-state index is 0.369. The Kier molecular flexibility index (Phi) is 3.97. The van der Waals surface area contributed by atoms with Gasteiger partial charge in [-0.3, -0.25) is 0 Å². The van der Waals surface area contributed by atoms with Crippen LogP contribution in [0.4, 0.5) is 4.39 Å². The van der Waals surface area contributed by atoms with Crippen molar-refractivity contribution in [2.75, 3.05) is 0 Å². The third kappa shape index (κ3) is 2.76. The van der Waals surface area contributed by atoms with Crippen molar-refractivity contribution in [1.29, 1.82) is 0 Å². The van der Waals surface area contributed by atoms with Crippen molar-refractivity contribution < 1.29 is 9.50 Å². The van der Waals surface area contributed by atoms with Crippen LogP contribution in [-0.4, -0.2) is 5.11 Å². The summed E-state index contributed by atoms with van der Waals surface area (Å²) in [5, 5.41) is 10.2. The number of hydrogen-bond acceptors (Lipinski definition) is 1. The number of aliphatic hydroxyl groups is 1. The first-order chi connectivity index (χ1) is 8.09. The van der Waals surface area contributed by atoms with Gasteiger partial charge in [-0.25, -0.2) is 4.39 Å². The van der Waals surface area contributed by atoms with Crippen LogP contribution in [0, 0.1) is 5.82 Å². The maximum atomic E-state index is 13.5. The van der Waals surface area contributed by atoms with Crippen LogP contribution in [0.2, 0.25) is 0 Å². The van der Waals surface area contributed by atoms with Gasteiger partial charge in [-0.05, 0) is 33.6 Å². The standard InChI is InChI=1S/C13H9Br2FO/c14-10-7-11(15)12(16)6-9(10)13(17)8-4-2-1-3-5-8/h1-7,13,17H. The summed E-state index contributed by atoms with van der Waals surface area (Å²) in [6.07, 6.45) is -0.840. The van der Waals surface area contributed by atoms with Gasteiger partial charge in [0.05, 0.1) is 4.47 Å². The molecule has 0 saturated carbocycles. The highest BCUT2D eigenvalue weighted by Crippen LogP contribution is 2.32. The molecule has 0 aliphatic rings. The first-order valence-corrected chi connectivity index (χ1v) is 6.55. The van der Waals surface area contributed by atoms with E-state index in [9.17, 15) is 9.50 Å². The molecule has 0 spiro atoms. The molecular weight excluding hydrogens is 351 g/mol. The average molecular weight is 360 g/mol. The van der Waals surface area contributed by atoms with Crippen molar-refractivity contribution in [3.05, 3.63) is 68.4 Å². The molecule has 0 bridgehead atoms. The van der Waals surface area contributed by atoms with Gasteiger partial charge < -0.3 is 5.11 Å². The van der Waals surface area contributed by atoms with Crippen molar-refractivity contribution >= 4 is 31.9 Å². The van der Waals surface area contributed by atoms with Crippen LogP contribution >= 0.6 is 31.9 Å². The molecule has 88 valence electrons. The van der Waals surface area contributed by atoms with Crippen molar-refractivity contribution in [2.24, 2.45) is 0 Å². The van der Waals surface area contributed by atoms with Crippen molar-refractivity contribution in [3.8, 4) is 0 Å². The van der Waals surface area contributed by atoms with E-state index in [0.29, 0.717) is 14.5 Å². The summed E-state index contributed by atoms with van der Waals surface area (Å²) >= 11 is 6.42. The monoisotopic (exact) mass is 358 g/mol. The van der Waals surface area contributed by atoms with Gasteiger partial charge in [-0.15, -0.1) is 0 Å². The molecule has 1 atom stereocenters. The van der Waals surface area contributed by atoms with Crippen LogP contribution in [0.25, 0.3) is 0 Å². The Labute approximate surface area is 116 Å². The summed E-state index contributed by atoms with van der Waals surface area (Å²) in [6, 6.07) is 12.1. The van der Waals surface area contributed by atoms with E-state index in [0.717, 1.165) is 5.56 Å². The molecule has 0 aliphatic heterocycles. The molecule has 0 radical (unpaired) electrons. The number of halogens is 3. The fraction of sp³-hybridized carbons (Fsp3) is 0.0769. The molecule has 17 heavy (non-hydrogen) atoms. The van der Waals surface area contributed by atoms with Gasteiger partial charge in [0.15, 0.2) is 0 Å². The minimum atomic E-state index is -0.840. The predicted octanol–water partition coefficient (Wildman–Crippen LogP) is 4.43. The Morgan fingerprint density at radius 3 is 2.29 bits per heavy atom. The predicted molar refractivity (Wildman–Crippen MR) is 72.3 cm³/mol. The summed E-state index contributed by atoms with van der Waals surface area (Å²) < 4.78 is 14.5. The zero-order valence-electron chi connectivity index (χ0n) is 8.70. The SMILES string of the molecule is OC(c1ccccc1)c1cc(F)c(Br)cc1Br. The second-order valence-corrected chi connectivity index (χ2v) is 5.31. The fourth-order valence-electron chi connectivity index (χ4n) is 1.56. The van der Waals surface area contributed by atoms with Crippen LogP contribution < -0.4 is 0 Å². The normalized spacial score (nSPS) is 12.5. The summed E-state index contributed by atoms with van der Waals surface area (Å²) in [4.78, 5) is 0. The Balaban J connectivity index is 2.44. The summed E-state index contributed by atoms with van der Waals surface area (Å²) in [5.74, 6) is -0.391. The lowest BCUT2D eigenvalue weighted by Crippen LogP contribution is -2.01. The number of benzene rings is 2. The lowest BCUT2D eigenvalue weighted by molar-refractivity contribution is 0.219. The van der Waals surface area contributed by atoms with Crippen LogP contribution in [-0.2, 0) is 0 Å². The summed E-state index contributed by atoms with van der Waals surface area (Å²) in [7, 11) is 0. The molecule has 0 aliphatic carbocycles. The molecule has 2 aromatic rings. The lowest BCUT2D eigenvalue weighted by Gasteiger charge is -2.14. The largest absolute Gasteiger partial charge is 0.384 e. The van der Waals surface area contributed by atoms with Crippen LogP contribution in [0.1, 0.15) is 17.2 Å². The van der Waals surface area contributed by atoms with Gasteiger partial charge in [0.1, 0.15) is 11.9 Å². The Hall–Kier alpha value is -0.710. The van der Waals surface area contributed by atoms with Crippen LogP contribution in [0.3, 0.4) is 0 Å². The van der Waals surface area contributed by atoms with E-state index < -0.39 is 11.9 Å². The zero-order chi connectivity index (χ0) is 12.4. The topological polar surface area (TPSA) is 20.2 Å². The highest BCUT2D eigenvalue weighted by molar-refractivity contribution is 9.11. The maximum Gasteiger partial charge on any atom is 0.137 e. The lowest BCUT2D eigenvalue weighted by atomic mass is 10.0. The number of aliphatic hydroxyl groups excluding tert-OH is 1. The molecule has 4 heteroatoms. The molecule has 0 heterocycles. The van der Waals surface area contributed by atoms with Crippen molar-refractivity contribution in [1.82, 2.24) is 0 Å². The molecule has 0 aromatic heterocycles. The van der Waals surface area contributed by atoms with E-state index in [2.05, 4.69) is 31.9 Å². The molecular formula is C13H9Br2FO. The molecule has 1 nitrogen and oxygen atoms in total. The Morgan fingerprint density at radius 2 is 1.65 bits per heavy atom. The highest BCUT2D eigenvalue weighted by Gasteiger charge is 2.15. The van der Waals surface area contributed by atoms with E-state index in [1.54, 1.807) is 18.2 Å². The van der Waals surface area contributed by atoms with E-state index in [1.807, 2.05) is 18.2 Å².